The van der Waals surface area contributed by atoms with E-state index in [1.807, 2.05) is 24.3 Å². The van der Waals surface area contributed by atoms with Gasteiger partial charge in [-0.25, -0.2) is 8.78 Å². The van der Waals surface area contributed by atoms with E-state index in [0.717, 1.165) is 24.0 Å². The maximum Gasteiger partial charge on any atom is 0.239 e. The molecule has 1 aliphatic carbocycles. The van der Waals surface area contributed by atoms with Crippen LogP contribution in [0.3, 0.4) is 0 Å². The third-order valence-corrected chi connectivity index (χ3v) is 2.87. The molecule has 1 aliphatic rings. The highest BCUT2D eigenvalue weighted by Gasteiger charge is 2.41. The Morgan fingerprint density at radius 3 is 2.27 bits per heavy atom. The molecule has 1 fully saturated rings. The molecule has 2 rings (SSSR count). The van der Waals surface area contributed by atoms with Gasteiger partial charge < -0.3 is 5.11 Å². The van der Waals surface area contributed by atoms with Crippen molar-refractivity contribution in [1.29, 1.82) is 0 Å². The second-order valence-electron chi connectivity index (χ2n) is 4.16. The van der Waals surface area contributed by atoms with Gasteiger partial charge in [0.2, 0.25) is 6.43 Å². The zero-order valence-electron chi connectivity index (χ0n) is 8.42. The summed E-state index contributed by atoms with van der Waals surface area (Å²) in [6.07, 6.45) is -0.315. The smallest absolute Gasteiger partial charge is 0.239 e. The minimum Gasteiger partial charge on any atom is -0.385 e. The first-order valence-electron chi connectivity index (χ1n) is 5.20. The van der Waals surface area contributed by atoms with Crippen LogP contribution in [0.5, 0.6) is 0 Å². The lowest BCUT2D eigenvalue weighted by Gasteiger charge is -2.08. The standard InChI is InChI=1S/C12H14F2O/c13-11(14)6-3-9-1-4-10(5-2-9)12(15)7-8-12/h1-2,4-5,11,15H,3,6-8H2. The molecule has 0 radical (unpaired) electrons. The molecule has 0 amide bonds. The Hall–Kier alpha value is -0.960. The van der Waals surface area contributed by atoms with Crippen LogP contribution in [0.2, 0.25) is 0 Å². The summed E-state index contributed by atoms with van der Waals surface area (Å²) in [4.78, 5) is 0. The number of benzene rings is 1. The van der Waals surface area contributed by atoms with Gasteiger partial charge in [-0.3, -0.25) is 0 Å². The quantitative estimate of drug-likeness (QED) is 0.813. The zero-order valence-corrected chi connectivity index (χ0v) is 8.42. The SMILES string of the molecule is OC1(c2ccc(CCC(F)F)cc2)CC1. The van der Waals surface area contributed by atoms with Crippen LogP contribution in [-0.4, -0.2) is 11.5 Å². The second-order valence-corrected chi connectivity index (χ2v) is 4.16. The molecular weight excluding hydrogens is 198 g/mol. The average Bonchev–Trinajstić information content (AvgIpc) is 2.96. The highest BCUT2D eigenvalue weighted by Crippen LogP contribution is 2.45. The van der Waals surface area contributed by atoms with Crippen LogP contribution in [0.4, 0.5) is 8.78 Å². The van der Waals surface area contributed by atoms with Crippen LogP contribution >= 0.6 is 0 Å². The van der Waals surface area contributed by atoms with Crippen molar-refractivity contribution in [3.8, 4) is 0 Å². The number of alkyl halides is 2. The van der Waals surface area contributed by atoms with Crippen molar-refractivity contribution >= 4 is 0 Å². The molecule has 0 heterocycles. The second kappa shape index (κ2) is 3.89. The topological polar surface area (TPSA) is 20.2 Å². The maximum absolute atomic E-state index is 12.0. The monoisotopic (exact) mass is 212 g/mol. The lowest BCUT2D eigenvalue weighted by molar-refractivity contribution is 0.138. The fraction of sp³-hybridized carbons (Fsp3) is 0.500. The summed E-state index contributed by atoms with van der Waals surface area (Å²) in [5.74, 6) is 0. The lowest BCUT2D eigenvalue weighted by atomic mass is 10.0. The van der Waals surface area contributed by atoms with Crippen LogP contribution in [0.25, 0.3) is 0 Å². The molecule has 1 nitrogen and oxygen atoms in total. The Balaban J connectivity index is 1.98. The molecule has 82 valence electrons. The summed E-state index contributed by atoms with van der Waals surface area (Å²) in [7, 11) is 0. The van der Waals surface area contributed by atoms with E-state index < -0.39 is 12.0 Å². The molecule has 0 bridgehead atoms. The number of aryl methyl sites for hydroxylation is 1. The van der Waals surface area contributed by atoms with E-state index in [2.05, 4.69) is 0 Å². The van der Waals surface area contributed by atoms with Crippen molar-refractivity contribution in [2.45, 2.75) is 37.7 Å². The first kappa shape index (κ1) is 10.6. The number of halogens is 2. The molecule has 1 aromatic rings. The molecule has 15 heavy (non-hydrogen) atoms. The van der Waals surface area contributed by atoms with Gasteiger partial charge in [-0.2, -0.15) is 0 Å². The third kappa shape index (κ3) is 2.53. The fourth-order valence-corrected chi connectivity index (χ4v) is 1.66. The summed E-state index contributed by atoms with van der Waals surface area (Å²) in [6.45, 7) is 0. The molecule has 0 aliphatic heterocycles. The van der Waals surface area contributed by atoms with Gasteiger partial charge in [0.15, 0.2) is 0 Å². The van der Waals surface area contributed by atoms with Gasteiger partial charge >= 0.3 is 0 Å². The van der Waals surface area contributed by atoms with Crippen molar-refractivity contribution in [1.82, 2.24) is 0 Å². The van der Waals surface area contributed by atoms with Gasteiger partial charge in [0.05, 0.1) is 5.60 Å². The Labute approximate surface area is 87.7 Å². The molecule has 0 saturated heterocycles. The first-order valence-corrected chi connectivity index (χ1v) is 5.20. The molecule has 0 spiro atoms. The van der Waals surface area contributed by atoms with Crippen molar-refractivity contribution in [2.24, 2.45) is 0 Å². The summed E-state index contributed by atoms with van der Waals surface area (Å²) < 4.78 is 23.9. The van der Waals surface area contributed by atoms with E-state index in [1.54, 1.807) is 0 Å². The van der Waals surface area contributed by atoms with E-state index in [1.165, 1.54) is 0 Å². The van der Waals surface area contributed by atoms with Crippen LogP contribution in [0.1, 0.15) is 30.4 Å². The van der Waals surface area contributed by atoms with Crippen molar-refractivity contribution in [3.63, 3.8) is 0 Å². The number of hydrogen-bond donors (Lipinski definition) is 1. The number of rotatable bonds is 4. The van der Waals surface area contributed by atoms with Gasteiger partial charge in [0, 0.05) is 6.42 Å². The van der Waals surface area contributed by atoms with Crippen LogP contribution in [0, 0.1) is 0 Å². The molecule has 0 atom stereocenters. The van der Waals surface area contributed by atoms with Crippen LogP contribution < -0.4 is 0 Å². The lowest BCUT2D eigenvalue weighted by Crippen LogP contribution is -2.04. The maximum atomic E-state index is 12.0. The van der Waals surface area contributed by atoms with Gasteiger partial charge in [0.1, 0.15) is 0 Å². The van der Waals surface area contributed by atoms with Crippen molar-refractivity contribution < 1.29 is 13.9 Å². The molecular formula is C12H14F2O. The largest absolute Gasteiger partial charge is 0.385 e. The predicted molar refractivity (Wildman–Crippen MR) is 53.9 cm³/mol. The molecule has 1 N–H and O–H groups in total. The van der Waals surface area contributed by atoms with Gasteiger partial charge in [-0.1, -0.05) is 24.3 Å². The highest BCUT2D eigenvalue weighted by molar-refractivity contribution is 5.30. The summed E-state index contributed by atoms with van der Waals surface area (Å²) in [5.41, 5.74) is 1.19. The van der Waals surface area contributed by atoms with Crippen molar-refractivity contribution in [3.05, 3.63) is 35.4 Å². The van der Waals surface area contributed by atoms with Crippen molar-refractivity contribution in [2.75, 3.05) is 0 Å². The summed E-state index contributed by atoms with van der Waals surface area (Å²) in [6, 6.07) is 7.34. The van der Waals surface area contributed by atoms with E-state index >= 15 is 0 Å². The van der Waals surface area contributed by atoms with Crippen LogP contribution in [-0.2, 0) is 12.0 Å². The van der Waals surface area contributed by atoms with E-state index in [0.29, 0.717) is 6.42 Å². The van der Waals surface area contributed by atoms with Crippen LogP contribution in [0.15, 0.2) is 24.3 Å². The van der Waals surface area contributed by atoms with E-state index in [-0.39, 0.29) is 6.42 Å². The summed E-state index contributed by atoms with van der Waals surface area (Å²) >= 11 is 0. The molecule has 1 saturated carbocycles. The molecule has 0 unspecified atom stereocenters. The Bertz CT molecular complexity index is 328. The minimum absolute atomic E-state index is 0.0936. The van der Waals surface area contributed by atoms with Gasteiger partial charge in [-0.15, -0.1) is 0 Å². The average molecular weight is 212 g/mol. The number of hydrogen-bond acceptors (Lipinski definition) is 1. The predicted octanol–water partition coefficient (Wildman–Crippen LogP) is 2.87. The normalized spacial score (nSPS) is 18.1. The highest BCUT2D eigenvalue weighted by atomic mass is 19.3. The van der Waals surface area contributed by atoms with Gasteiger partial charge in [0.25, 0.3) is 0 Å². The van der Waals surface area contributed by atoms with E-state index in [9.17, 15) is 13.9 Å². The van der Waals surface area contributed by atoms with Gasteiger partial charge in [-0.05, 0) is 30.4 Å². The Morgan fingerprint density at radius 2 is 1.80 bits per heavy atom. The molecule has 1 aromatic carbocycles. The summed E-state index contributed by atoms with van der Waals surface area (Å²) in [5, 5.41) is 9.79. The van der Waals surface area contributed by atoms with E-state index in [4.69, 9.17) is 0 Å². The molecule has 3 heteroatoms. The third-order valence-electron chi connectivity index (χ3n) is 2.87. The molecule has 0 aromatic heterocycles. The Kier molecular flexibility index (Phi) is 2.74. The fourth-order valence-electron chi connectivity index (χ4n) is 1.66. The number of aliphatic hydroxyl groups is 1. The first-order chi connectivity index (χ1) is 7.10. The Morgan fingerprint density at radius 1 is 1.20 bits per heavy atom. The minimum atomic E-state index is -2.24. The zero-order chi connectivity index (χ0) is 10.9.